The summed E-state index contributed by atoms with van der Waals surface area (Å²) in [5, 5.41) is 22.4. The average molecular weight is 365 g/mol. The highest BCUT2D eigenvalue weighted by Crippen LogP contribution is 2.20. The topological polar surface area (TPSA) is 91.2 Å². The summed E-state index contributed by atoms with van der Waals surface area (Å²) in [6.45, 7) is -0.180. The summed E-state index contributed by atoms with van der Waals surface area (Å²) in [7, 11) is 0. The molecule has 0 heterocycles. The van der Waals surface area contributed by atoms with Crippen molar-refractivity contribution in [3.63, 3.8) is 0 Å². The SMILES string of the molecule is O=C(COc1ccc(Br)cc1)N/N=C/c1ccc(O)cc1O. The van der Waals surface area contributed by atoms with Crippen LogP contribution in [0, 0.1) is 0 Å². The molecule has 2 rings (SSSR count). The summed E-state index contributed by atoms with van der Waals surface area (Å²) in [6, 6.07) is 11.1. The van der Waals surface area contributed by atoms with E-state index in [4.69, 9.17) is 9.84 Å². The summed E-state index contributed by atoms with van der Waals surface area (Å²) in [5.74, 6) is -0.0540. The fraction of sp³-hybridized carbons (Fsp3) is 0.0667. The van der Waals surface area contributed by atoms with Crippen molar-refractivity contribution >= 4 is 28.1 Å². The number of ether oxygens (including phenoxy) is 1. The summed E-state index contributed by atoms with van der Waals surface area (Å²) < 4.78 is 6.19. The lowest BCUT2D eigenvalue weighted by atomic mass is 10.2. The number of benzene rings is 2. The molecule has 0 saturated carbocycles. The van der Waals surface area contributed by atoms with Crippen LogP contribution in [0.15, 0.2) is 52.0 Å². The summed E-state index contributed by atoms with van der Waals surface area (Å²) in [4.78, 5) is 11.6. The van der Waals surface area contributed by atoms with Gasteiger partial charge in [-0.15, -0.1) is 0 Å². The van der Waals surface area contributed by atoms with E-state index in [0.29, 0.717) is 11.3 Å². The van der Waals surface area contributed by atoms with Crippen LogP contribution in [-0.4, -0.2) is 28.9 Å². The molecule has 2 aromatic carbocycles. The Kier molecular flexibility index (Phi) is 5.37. The number of aromatic hydroxyl groups is 2. The van der Waals surface area contributed by atoms with Crippen LogP contribution in [-0.2, 0) is 4.79 Å². The predicted molar refractivity (Wildman–Crippen MR) is 85.1 cm³/mol. The zero-order chi connectivity index (χ0) is 15.9. The fourth-order valence-corrected chi connectivity index (χ4v) is 1.79. The number of carbonyl (C=O) groups excluding carboxylic acids is 1. The fourth-order valence-electron chi connectivity index (χ4n) is 1.53. The van der Waals surface area contributed by atoms with E-state index in [-0.39, 0.29) is 18.1 Å². The molecule has 0 unspecified atom stereocenters. The Morgan fingerprint density at radius 3 is 2.64 bits per heavy atom. The molecular weight excluding hydrogens is 352 g/mol. The first-order valence-electron chi connectivity index (χ1n) is 6.27. The van der Waals surface area contributed by atoms with Crippen LogP contribution in [0.2, 0.25) is 0 Å². The number of nitrogens with zero attached hydrogens (tertiary/aromatic N) is 1. The van der Waals surface area contributed by atoms with Gasteiger partial charge in [-0.3, -0.25) is 4.79 Å². The molecule has 6 nitrogen and oxygen atoms in total. The second kappa shape index (κ2) is 7.46. The quantitative estimate of drug-likeness (QED) is 0.561. The van der Waals surface area contributed by atoms with Gasteiger partial charge in [0.2, 0.25) is 0 Å². The largest absolute Gasteiger partial charge is 0.508 e. The summed E-state index contributed by atoms with van der Waals surface area (Å²) in [6.07, 6.45) is 1.27. The van der Waals surface area contributed by atoms with Gasteiger partial charge in [0, 0.05) is 16.1 Å². The van der Waals surface area contributed by atoms with Crippen LogP contribution in [0.3, 0.4) is 0 Å². The van der Waals surface area contributed by atoms with E-state index in [1.165, 1.54) is 24.4 Å². The van der Waals surface area contributed by atoms with E-state index in [0.717, 1.165) is 4.47 Å². The lowest BCUT2D eigenvalue weighted by Gasteiger charge is -2.05. The Balaban J connectivity index is 1.82. The van der Waals surface area contributed by atoms with Crippen LogP contribution in [0.5, 0.6) is 17.2 Å². The predicted octanol–water partition coefficient (Wildman–Crippen LogP) is 2.39. The van der Waals surface area contributed by atoms with Crippen LogP contribution in [0.4, 0.5) is 0 Å². The molecule has 3 N–H and O–H groups in total. The number of amides is 1. The van der Waals surface area contributed by atoms with Gasteiger partial charge < -0.3 is 14.9 Å². The molecule has 0 aliphatic carbocycles. The van der Waals surface area contributed by atoms with Gasteiger partial charge in [0.05, 0.1) is 6.21 Å². The van der Waals surface area contributed by atoms with Gasteiger partial charge in [-0.25, -0.2) is 5.43 Å². The molecule has 7 heteroatoms. The van der Waals surface area contributed by atoms with Crippen LogP contribution in [0.1, 0.15) is 5.56 Å². The van der Waals surface area contributed by atoms with Crippen LogP contribution >= 0.6 is 15.9 Å². The van der Waals surface area contributed by atoms with Gasteiger partial charge >= 0.3 is 0 Å². The van der Waals surface area contributed by atoms with Crippen molar-refractivity contribution < 1.29 is 19.7 Å². The second-order valence-electron chi connectivity index (χ2n) is 4.28. The molecule has 1 amide bonds. The molecule has 0 saturated heterocycles. The first kappa shape index (κ1) is 15.8. The van der Waals surface area contributed by atoms with E-state index >= 15 is 0 Å². The smallest absolute Gasteiger partial charge is 0.277 e. The highest BCUT2D eigenvalue weighted by atomic mass is 79.9. The molecule has 0 aliphatic rings. The first-order valence-corrected chi connectivity index (χ1v) is 7.06. The number of halogens is 1. The third-order valence-corrected chi connectivity index (χ3v) is 3.12. The van der Waals surface area contributed by atoms with Crippen LogP contribution < -0.4 is 10.2 Å². The van der Waals surface area contributed by atoms with E-state index in [9.17, 15) is 9.90 Å². The first-order chi connectivity index (χ1) is 10.5. The minimum absolute atomic E-state index is 0.0541. The Morgan fingerprint density at radius 2 is 1.95 bits per heavy atom. The van der Waals surface area contributed by atoms with Gasteiger partial charge in [-0.1, -0.05) is 15.9 Å². The van der Waals surface area contributed by atoms with Crippen molar-refractivity contribution in [1.29, 1.82) is 0 Å². The molecular formula is C15H13BrN2O4. The second-order valence-corrected chi connectivity index (χ2v) is 5.19. The Morgan fingerprint density at radius 1 is 1.23 bits per heavy atom. The normalized spacial score (nSPS) is 10.6. The summed E-state index contributed by atoms with van der Waals surface area (Å²) in [5.41, 5.74) is 2.64. The van der Waals surface area contributed by atoms with E-state index in [1.807, 2.05) is 0 Å². The third-order valence-electron chi connectivity index (χ3n) is 2.59. The minimum atomic E-state index is -0.433. The van der Waals surface area contributed by atoms with Gasteiger partial charge in [0.25, 0.3) is 5.91 Å². The van der Waals surface area contributed by atoms with Gasteiger partial charge in [-0.2, -0.15) is 5.10 Å². The van der Waals surface area contributed by atoms with Gasteiger partial charge in [0.15, 0.2) is 6.61 Å². The molecule has 22 heavy (non-hydrogen) atoms. The Hall–Kier alpha value is -2.54. The third kappa shape index (κ3) is 4.78. The number of phenols is 2. The van der Waals surface area contributed by atoms with Crippen molar-refractivity contribution in [2.24, 2.45) is 5.10 Å². The van der Waals surface area contributed by atoms with Crippen molar-refractivity contribution in [2.75, 3.05) is 6.61 Å². The number of rotatable bonds is 5. The molecule has 0 bridgehead atoms. The van der Waals surface area contributed by atoms with Crippen LogP contribution in [0.25, 0.3) is 0 Å². The number of nitrogens with one attached hydrogen (secondary N) is 1. The number of hydrazone groups is 1. The van der Waals surface area contributed by atoms with Crippen molar-refractivity contribution in [3.8, 4) is 17.2 Å². The molecule has 0 aliphatic heterocycles. The van der Waals surface area contributed by atoms with E-state index in [1.54, 1.807) is 24.3 Å². The van der Waals surface area contributed by atoms with E-state index in [2.05, 4.69) is 26.5 Å². The molecule has 0 atom stereocenters. The number of hydrogen-bond donors (Lipinski definition) is 3. The Labute approximate surface area is 135 Å². The number of phenolic OH excluding ortho intramolecular Hbond substituents is 2. The van der Waals surface area contributed by atoms with Crippen molar-refractivity contribution in [3.05, 3.63) is 52.5 Å². The van der Waals surface area contributed by atoms with Gasteiger partial charge in [0.1, 0.15) is 17.2 Å². The zero-order valence-electron chi connectivity index (χ0n) is 11.4. The lowest BCUT2D eigenvalue weighted by molar-refractivity contribution is -0.123. The summed E-state index contributed by atoms with van der Waals surface area (Å²) >= 11 is 3.30. The standard InChI is InChI=1S/C15H13BrN2O4/c16-11-2-5-13(6-3-11)22-9-15(21)18-17-8-10-1-4-12(19)7-14(10)20/h1-8,19-20H,9H2,(H,18,21)/b17-8+. The monoisotopic (exact) mass is 364 g/mol. The number of hydrogen-bond acceptors (Lipinski definition) is 5. The lowest BCUT2D eigenvalue weighted by Crippen LogP contribution is -2.24. The minimum Gasteiger partial charge on any atom is -0.508 e. The maximum absolute atomic E-state index is 11.6. The maximum Gasteiger partial charge on any atom is 0.277 e. The van der Waals surface area contributed by atoms with E-state index < -0.39 is 5.91 Å². The molecule has 0 fully saturated rings. The van der Waals surface area contributed by atoms with Crippen molar-refractivity contribution in [1.82, 2.24) is 5.43 Å². The zero-order valence-corrected chi connectivity index (χ0v) is 12.9. The molecule has 2 aromatic rings. The highest BCUT2D eigenvalue weighted by Gasteiger charge is 2.02. The highest BCUT2D eigenvalue weighted by molar-refractivity contribution is 9.10. The van der Waals surface area contributed by atoms with Crippen molar-refractivity contribution in [2.45, 2.75) is 0 Å². The molecule has 0 aromatic heterocycles. The van der Waals surface area contributed by atoms with Gasteiger partial charge in [-0.05, 0) is 36.4 Å². The number of carbonyl (C=O) groups is 1. The molecule has 0 radical (unpaired) electrons. The molecule has 114 valence electrons. The maximum atomic E-state index is 11.6. The molecule has 0 spiro atoms. The average Bonchev–Trinajstić information content (AvgIpc) is 2.49. The Bertz CT molecular complexity index is 686.